The van der Waals surface area contributed by atoms with Crippen LogP contribution in [0.25, 0.3) is 5.69 Å². The van der Waals surface area contributed by atoms with Crippen LogP contribution in [0.1, 0.15) is 31.4 Å². The third kappa shape index (κ3) is 5.16. The molecular weight excluding hydrogens is 414 g/mol. The molecule has 9 heteroatoms. The number of hydrogen-bond donors (Lipinski definition) is 1. The maximum Gasteiger partial charge on any atom is 0.230 e. The number of amides is 1. The minimum Gasteiger partial charge on any atom is -0.497 e. The Morgan fingerprint density at radius 2 is 2.00 bits per heavy atom. The molecule has 1 aliphatic rings. The van der Waals surface area contributed by atoms with Crippen LogP contribution in [0.15, 0.2) is 53.7 Å². The maximum atomic E-state index is 12.7. The van der Waals surface area contributed by atoms with E-state index in [0.717, 1.165) is 29.8 Å². The number of nitrogens with one attached hydrogen (secondary N) is 1. The van der Waals surface area contributed by atoms with Crippen LogP contribution in [0.4, 0.5) is 0 Å². The molecule has 1 atom stereocenters. The van der Waals surface area contributed by atoms with Crippen molar-refractivity contribution in [1.82, 2.24) is 25.5 Å². The van der Waals surface area contributed by atoms with E-state index < -0.39 is 0 Å². The molecular formula is C22H25N5O3S. The summed E-state index contributed by atoms with van der Waals surface area (Å²) in [4.78, 5) is 12.7. The largest absolute Gasteiger partial charge is 0.497 e. The molecule has 1 heterocycles. The Labute approximate surface area is 185 Å². The minimum absolute atomic E-state index is 0.00804. The number of rotatable bonds is 10. The Balaban J connectivity index is 1.42. The summed E-state index contributed by atoms with van der Waals surface area (Å²) in [6.45, 7) is 2.47. The predicted molar refractivity (Wildman–Crippen MR) is 118 cm³/mol. The van der Waals surface area contributed by atoms with E-state index in [1.807, 2.05) is 55.5 Å². The van der Waals surface area contributed by atoms with Crippen molar-refractivity contribution in [2.75, 3.05) is 19.5 Å². The van der Waals surface area contributed by atoms with E-state index in [0.29, 0.717) is 23.4 Å². The monoisotopic (exact) mass is 439 g/mol. The molecule has 0 bridgehead atoms. The summed E-state index contributed by atoms with van der Waals surface area (Å²) < 4.78 is 12.5. The van der Waals surface area contributed by atoms with Crippen LogP contribution in [0.2, 0.25) is 0 Å². The molecule has 1 saturated carbocycles. The van der Waals surface area contributed by atoms with E-state index in [1.165, 1.54) is 11.8 Å². The smallest absolute Gasteiger partial charge is 0.230 e. The van der Waals surface area contributed by atoms with Gasteiger partial charge in [-0.15, -0.1) is 5.10 Å². The number of ether oxygens (including phenoxy) is 2. The van der Waals surface area contributed by atoms with Gasteiger partial charge in [0.25, 0.3) is 0 Å². The first-order valence-electron chi connectivity index (χ1n) is 10.3. The van der Waals surface area contributed by atoms with Gasteiger partial charge in [0.05, 0.1) is 25.5 Å². The highest BCUT2D eigenvalue weighted by atomic mass is 32.2. The highest BCUT2D eigenvalue weighted by Crippen LogP contribution is 2.41. The van der Waals surface area contributed by atoms with Crippen LogP contribution in [-0.2, 0) is 4.79 Å². The lowest BCUT2D eigenvalue weighted by Gasteiger charge is -2.19. The van der Waals surface area contributed by atoms with Crippen molar-refractivity contribution < 1.29 is 14.3 Å². The van der Waals surface area contributed by atoms with Crippen molar-refractivity contribution in [1.29, 1.82) is 0 Å². The molecule has 1 aromatic heterocycles. The zero-order valence-corrected chi connectivity index (χ0v) is 18.3. The fourth-order valence-electron chi connectivity index (χ4n) is 3.39. The predicted octanol–water partition coefficient (Wildman–Crippen LogP) is 3.43. The number of methoxy groups -OCH3 is 1. The standard InChI is InChI=1S/C22H25N5O3S/c1-3-30-19-7-5-4-6-18(19)27-22(24-25-26-27)31-14-20(28)23-21(15-8-9-15)16-10-12-17(29-2)13-11-16/h4-7,10-13,15,21H,3,8-9,14H2,1-2H3,(H,23,28). The molecule has 8 nitrogen and oxygen atoms in total. The number of carbonyl (C=O) groups is 1. The molecule has 1 N–H and O–H groups in total. The molecule has 0 saturated heterocycles. The Morgan fingerprint density at radius 1 is 1.23 bits per heavy atom. The van der Waals surface area contributed by atoms with Crippen molar-refractivity contribution in [2.24, 2.45) is 5.92 Å². The van der Waals surface area contributed by atoms with Crippen LogP contribution in [-0.4, -0.2) is 45.6 Å². The van der Waals surface area contributed by atoms with Gasteiger partial charge in [0.2, 0.25) is 11.1 Å². The van der Waals surface area contributed by atoms with Crippen molar-refractivity contribution in [3.63, 3.8) is 0 Å². The summed E-state index contributed by atoms with van der Waals surface area (Å²) in [7, 11) is 1.65. The molecule has 0 spiro atoms. The topological polar surface area (TPSA) is 91.2 Å². The van der Waals surface area contributed by atoms with Gasteiger partial charge in [-0.3, -0.25) is 4.79 Å². The molecule has 0 aliphatic heterocycles. The van der Waals surface area contributed by atoms with Gasteiger partial charge < -0.3 is 14.8 Å². The number of nitrogens with zero attached hydrogens (tertiary/aromatic N) is 4. The van der Waals surface area contributed by atoms with Gasteiger partial charge in [0, 0.05) is 0 Å². The minimum atomic E-state index is -0.0506. The van der Waals surface area contributed by atoms with Gasteiger partial charge in [-0.2, -0.15) is 4.68 Å². The number of benzene rings is 2. The number of carbonyl (C=O) groups excluding carboxylic acids is 1. The van der Waals surface area contributed by atoms with Crippen molar-refractivity contribution >= 4 is 17.7 Å². The number of hydrogen-bond acceptors (Lipinski definition) is 7. The summed E-state index contributed by atoms with van der Waals surface area (Å²) in [6, 6.07) is 15.4. The normalized spacial score (nSPS) is 14.1. The third-order valence-electron chi connectivity index (χ3n) is 5.05. The summed E-state index contributed by atoms with van der Waals surface area (Å²) in [5.41, 5.74) is 1.84. The second-order valence-corrected chi connectivity index (χ2v) is 8.16. The van der Waals surface area contributed by atoms with E-state index in [4.69, 9.17) is 9.47 Å². The first-order valence-corrected chi connectivity index (χ1v) is 11.2. The molecule has 1 aliphatic carbocycles. The van der Waals surface area contributed by atoms with Crippen LogP contribution in [0.3, 0.4) is 0 Å². The van der Waals surface area contributed by atoms with E-state index in [9.17, 15) is 4.79 Å². The van der Waals surface area contributed by atoms with E-state index >= 15 is 0 Å². The molecule has 1 amide bonds. The second-order valence-electron chi connectivity index (χ2n) is 7.22. The molecule has 2 aromatic carbocycles. The highest BCUT2D eigenvalue weighted by molar-refractivity contribution is 7.99. The van der Waals surface area contributed by atoms with Gasteiger partial charge in [-0.1, -0.05) is 36.0 Å². The zero-order chi connectivity index (χ0) is 21.6. The van der Waals surface area contributed by atoms with Gasteiger partial charge >= 0.3 is 0 Å². The first kappa shape index (κ1) is 21.2. The zero-order valence-electron chi connectivity index (χ0n) is 17.5. The number of thioether (sulfide) groups is 1. The van der Waals surface area contributed by atoms with Gasteiger partial charge in [-0.05, 0) is 65.9 Å². The lowest BCUT2D eigenvalue weighted by molar-refractivity contribution is -0.119. The van der Waals surface area contributed by atoms with Crippen molar-refractivity contribution in [2.45, 2.75) is 31.0 Å². The lowest BCUT2D eigenvalue weighted by Crippen LogP contribution is -2.31. The number of tetrazole rings is 1. The van der Waals surface area contributed by atoms with E-state index in [2.05, 4.69) is 20.8 Å². The lowest BCUT2D eigenvalue weighted by atomic mass is 10.0. The fourth-order valence-corrected chi connectivity index (χ4v) is 4.08. The van der Waals surface area contributed by atoms with Gasteiger partial charge in [0.1, 0.15) is 17.2 Å². The summed E-state index contributed by atoms with van der Waals surface area (Å²) >= 11 is 1.30. The molecule has 0 radical (unpaired) electrons. The number of aromatic nitrogens is 4. The van der Waals surface area contributed by atoms with Crippen LogP contribution < -0.4 is 14.8 Å². The first-order chi connectivity index (χ1) is 15.2. The Hall–Kier alpha value is -3.07. The molecule has 162 valence electrons. The molecule has 1 unspecified atom stereocenters. The summed E-state index contributed by atoms with van der Waals surface area (Å²) in [6.07, 6.45) is 2.24. The Morgan fingerprint density at radius 3 is 2.71 bits per heavy atom. The fraction of sp³-hybridized carbons (Fsp3) is 0.364. The van der Waals surface area contributed by atoms with Crippen molar-refractivity contribution in [3.8, 4) is 17.2 Å². The number of para-hydroxylation sites is 2. The average molecular weight is 440 g/mol. The van der Waals surface area contributed by atoms with Crippen LogP contribution in [0.5, 0.6) is 11.5 Å². The second kappa shape index (κ2) is 9.82. The Bertz CT molecular complexity index is 1020. The van der Waals surface area contributed by atoms with E-state index in [-0.39, 0.29) is 17.7 Å². The van der Waals surface area contributed by atoms with Gasteiger partial charge in [-0.25, -0.2) is 0 Å². The molecule has 3 aromatic rings. The summed E-state index contributed by atoms with van der Waals surface area (Å²) in [5.74, 6) is 2.14. The van der Waals surface area contributed by atoms with Crippen molar-refractivity contribution in [3.05, 3.63) is 54.1 Å². The van der Waals surface area contributed by atoms with Crippen LogP contribution >= 0.6 is 11.8 Å². The molecule has 1 fully saturated rings. The van der Waals surface area contributed by atoms with E-state index in [1.54, 1.807) is 11.8 Å². The third-order valence-corrected chi connectivity index (χ3v) is 5.97. The molecule has 31 heavy (non-hydrogen) atoms. The molecule has 4 rings (SSSR count). The highest BCUT2D eigenvalue weighted by Gasteiger charge is 2.33. The van der Waals surface area contributed by atoms with Gasteiger partial charge in [0.15, 0.2) is 0 Å². The SMILES string of the molecule is CCOc1ccccc1-n1nnnc1SCC(=O)NC(c1ccc(OC)cc1)C1CC1. The average Bonchev–Trinajstić information content (AvgIpc) is 3.54. The van der Waals surface area contributed by atoms with Crippen LogP contribution in [0, 0.1) is 5.92 Å². The summed E-state index contributed by atoms with van der Waals surface area (Å²) in [5, 5.41) is 15.7. The quantitative estimate of drug-likeness (QED) is 0.484. The maximum absolute atomic E-state index is 12.7. The Kier molecular flexibility index (Phi) is 6.71.